The molecular formula is C17H26. The molecule has 0 heteroatoms. The van der Waals surface area contributed by atoms with Crippen molar-refractivity contribution in [1.29, 1.82) is 0 Å². The molecule has 0 saturated heterocycles. The average Bonchev–Trinajstić information content (AvgIpc) is 2.36. The number of aryl methyl sites for hydroxylation is 1. The summed E-state index contributed by atoms with van der Waals surface area (Å²) in [5.74, 6) is 0.720. The summed E-state index contributed by atoms with van der Waals surface area (Å²) in [7, 11) is 0. The highest BCUT2D eigenvalue weighted by atomic mass is 14.1. The van der Waals surface area contributed by atoms with Crippen LogP contribution >= 0.6 is 0 Å². The Labute approximate surface area is 108 Å². The van der Waals surface area contributed by atoms with Gasteiger partial charge in [-0.05, 0) is 51.0 Å². The molecule has 0 aliphatic carbocycles. The molecule has 0 spiro atoms. The minimum absolute atomic E-state index is 0.0582. The Hall–Kier alpha value is -1.04. The fraction of sp³-hybridized carbons (Fsp3) is 0.529. The molecule has 94 valence electrons. The largest absolute Gasteiger partial charge is 0.0859 e. The van der Waals surface area contributed by atoms with Crippen molar-refractivity contribution < 1.29 is 1.37 Å². The van der Waals surface area contributed by atoms with Crippen LogP contribution in [0.3, 0.4) is 0 Å². The molecular weight excluding hydrogens is 204 g/mol. The van der Waals surface area contributed by atoms with E-state index in [0.29, 0.717) is 0 Å². The fourth-order valence-electron chi connectivity index (χ4n) is 1.92. The molecule has 0 aliphatic heterocycles. The van der Waals surface area contributed by atoms with Crippen molar-refractivity contribution in [3.8, 4) is 0 Å². The summed E-state index contributed by atoms with van der Waals surface area (Å²) < 4.78 is 8.14. The first kappa shape index (κ1) is 12.4. The van der Waals surface area contributed by atoms with Crippen molar-refractivity contribution in [2.24, 2.45) is 5.92 Å². The molecule has 1 unspecified atom stereocenters. The Balaban J connectivity index is 2.26. The van der Waals surface area contributed by atoms with Crippen molar-refractivity contribution in [2.45, 2.75) is 52.9 Å². The number of hydrogen-bond donors (Lipinski definition) is 0. The monoisotopic (exact) mass is 231 g/mol. The highest BCUT2D eigenvalue weighted by molar-refractivity contribution is 5.14. The Morgan fingerprint density at radius 1 is 1.24 bits per heavy atom. The van der Waals surface area contributed by atoms with Gasteiger partial charge in [-0.1, -0.05) is 55.3 Å². The van der Waals surface area contributed by atoms with Gasteiger partial charge in [0.1, 0.15) is 0 Å². The topological polar surface area (TPSA) is 0 Å². The molecule has 0 nitrogen and oxygen atoms in total. The molecule has 0 aromatic heterocycles. The number of hydrogen-bond acceptors (Lipinski definition) is 0. The maximum Gasteiger partial charge on any atom is 0.0316 e. The zero-order chi connectivity index (χ0) is 13.4. The second kappa shape index (κ2) is 8.11. The zero-order valence-corrected chi connectivity index (χ0v) is 11.4. The van der Waals surface area contributed by atoms with E-state index in [-0.39, 0.29) is 6.40 Å². The van der Waals surface area contributed by atoms with Crippen molar-refractivity contribution >= 4 is 0 Å². The van der Waals surface area contributed by atoms with Crippen LogP contribution in [-0.2, 0) is 6.40 Å². The van der Waals surface area contributed by atoms with Crippen LogP contribution in [0.25, 0.3) is 0 Å². The van der Waals surface area contributed by atoms with Gasteiger partial charge in [-0.3, -0.25) is 0 Å². The van der Waals surface area contributed by atoms with E-state index in [2.05, 4.69) is 39.0 Å². The van der Waals surface area contributed by atoms with Gasteiger partial charge in [0.15, 0.2) is 0 Å². The molecule has 0 N–H and O–H groups in total. The second-order valence-corrected chi connectivity index (χ2v) is 5.16. The van der Waals surface area contributed by atoms with Crippen molar-refractivity contribution in [3.63, 3.8) is 0 Å². The number of allylic oxidation sites excluding steroid dienone is 2. The van der Waals surface area contributed by atoms with Gasteiger partial charge in [0.05, 0.1) is 0 Å². The normalized spacial score (nSPS) is 14.9. The first-order valence-electron chi connectivity index (χ1n) is 7.28. The molecule has 0 heterocycles. The van der Waals surface area contributed by atoms with Gasteiger partial charge in [-0.2, -0.15) is 0 Å². The van der Waals surface area contributed by atoms with Crippen LogP contribution in [0, 0.1) is 5.92 Å². The van der Waals surface area contributed by atoms with Gasteiger partial charge in [0, 0.05) is 1.37 Å². The SMILES string of the molecule is [2H][C@@H](CCC(C)CCC=C(C)C)c1ccccc1. The van der Waals surface area contributed by atoms with Crippen molar-refractivity contribution in [1.82, 2.24) is 0 Å². The molecule has 0 radical (unpaired) electrons. The summed E-state index contributed by atoms with van der Waals surface area (Å²) >= 11 is 0. The first-order chi connectivity index (χ1) is 8.59. The van der Waals surface area contributed by atoms with E-state index >= 15 is 0 Å². The van der Waals surface area contributed by atoms with E-state index in [1.54, 1.807) is 0 Å². The predicted molar refractivity (Wildman–Crippen MR) is 77.2 cm³/mol. The molecule has 1 rings (SSSR count). The average molecular weight is 231 g/mol. The Morgan fingerprint density at radius 2 is 1.94 bits per heavy atom. The summed E-state index contributed by atoms with van der Waals surface area (Å²) in [4.78, 5) is 0. The van der Waals surface area contributed by atoms with Gasteiger partial charge < -0.3 is 0 Å². The summed E-state index contributed by atoms with van der Waals surface area (Å²) in [6.07, 6.45) is 6.80. The Kier molecular flexibility index (Phi) is 5.92. The lowest BCUT2D eigenvalue weighted by atomic mass is 9.96. The fourth-order valence-corrected chi connectivity index (χ4v) is 1.92. The third-order valence-electron chi connectivity index (χ3n) is 3.05. The standard InChI is InChI=1S/C17H26/c1-15(2)9-7-10-16(3)11-8-14-17-12-5-4-6-13-17/h4-6,9,12-13,16H,7-8,10-11,14H2,1-3H3/i14D/t14-,16?/m0/s1. The third-order valence-corrected chi connectivity index (χ3v) is 3.05. The smallest absolute Gasteiger partial charge is 0.0316 e. The van der Waals surface area contributed by atoms with Gasteiger partial charge >= 0.3 is 0 Å². The molecule has 0 saturated carbocycles. The quantitative estimate of drug-likeness (QED) is 0.552. The lowest BCUT2D eigenvalue weighted by molar-refractivity contribution is 0.478. The van der Waals surface area contributed by atoms with Gasteiger partial charge in [0.2, 0.25) is 0 Å². The maximum atomic E-state index is 8.14. The van der Waals surface area contributed by atoms with Crippen LogP contribution in [-0.4, -0.2) is 0 Å². The van der Waals surface area contributed by atoms with Crippen LogP contribution in [0.4, 0.5) is 0 Å². The summed E-state index contributed by atoms with van der Waals surface area (Å²) in [6.45, 7) is 6.61. The maximum absolute atomic E-state index is 8.14. The van der Waals surface area contributed by atoms with Crippen LogP contribution in [0.5, 0.6) is 0 Å². The molecule has 2 atom stereocenters. The minimum atomic E-state index is -0.0582. The van der Waals surface area contributed by atoms with E-state index in [1.807, 2.05) is 18.2 Å². The molecule has 1 aromatic rings. The Bertz CT molecular complexity index is 349. The highest BCUT2D eigenvalue weighted by Crippen LogP contribution is 2.15. The summed E-state index contributed by atoms with van der Waals surface area (Å²) in [5, 5.41) is 0. The van der Waals surface area contributed by atoms with Crippen LogP contribution in [0.1, 0.15) is 53.4 Å². The van der Waals surface area contributed by atoms with E-state index in [0.717, 1.165) is 24.3 Å². The molecule has 0 fully saturated rings. The molecule has 0 aliphatic rings. The Morgan fingerprint density at radius 3 is 2.59 bits per heavy atom. The van der Waals surface area contributed by atoms with Crippen molar-refractivity contribution in [3.05, 3.63) is 47.5 Å². The first-order valence-corrected chi connectivity index (χ1v) is 6.70. The molecule has 0 amide bonds. The minimum Gasteiger partial charge on any atom is -0.0859 e. The van der Waals surface area contributed by atoms with Gasteiger partial charge in [-0.15, -0.1) is 0 Å². The second-order valence-electron chi connectivity index (χ2n) is 5.16. The molecule has 17 heavy (non-hydrogen) atoms. The molecule has 0 bridgehead atoms. The van der Waals surface area contributed by atoms with E-state index in [1.165, 1.54) is 18.4 Å². The van der Waals surface area contributed by atoms with Crippen LogP contribution in [0.15, 0.2) is 42.0 Å². The molecule has 1 aromatic carbocycles. The third kappa shape index (κ3) is 6.99. The number of benzene rings is 1. The summed E-state index contributed by atoms with van der Waals surface area (Å²) in [6, 6.07) is 10.2. The summed E-state index contributed by atoms with van der Waals surface area (Å²) in [5.41, 5.74) is 2.55. The number of rotatable bonds is 7. The van der Waals surface area contributed by atoms with E-state index in [4.69, 9.17) is 1.37 Å². The van der Waals surface area contributed by atoms with Crippen LogP contribution < -0.4 is 0 Å². The van der Waals surface area contributed by atoms with E-state index in [9.17, 15) is 0 Å². The lowest BCUT2D eigenvalue weighted by Gasteiger charge is -2.09. The van der Waals surface area contributed by atoms with Crippen molar-refractivity contribution in [2.75, 3.05) is 0 Å². The lowest BCUT2D eigenvalue weighted by Crippen LogP contribution is -1.95. The van der Waals surface area contributed by atoms with Gasteiger partial charge in [0.25, 0.3) is 0 Å². The van der Waals surface area contributed by atoms with E-state index < -0.39 is 0 Å². The predicted octanol–water partition coefficient (Wildman–Crippen LogP) is 5.39. The van der Waals surface area contributed by atoms with Gasteiger partial charge in [-0.25, -0.2) is 0 Å². The highest BCUT2D eigenvalue weighted by Gasteiger charge is 2.01. The van der Waals surface area contributed by atoms with Crippen LogP contribution in [0.2, 0.25) is 0 Å². The zero-order valence-electron chi connectivity index (χ0n) is 12.4.